The lowest BCUT2D eigenvalue weighted by Gasteiger charge is -2.39. The van der Waals surface area contributed by atoms with Crippen LogP contribution in [0, 0.1) is 0 Å². The normalized spacial score (nSPS) is 15.5. The molecule has 0 radical (unpaired) electrons. The standard InChI is InChI=1S/C18H21F9O2/c1-5-14(3,4)12-6-8-13(9-7-12)16(17(22,23)24,18(25,26)27)29-11(2)28-10-15(19,20)21/h6-9,11H,5,10H2,1-4H3. The fourth-order valence-corrected chi connectivity index (χ4v) is 2.54. The van der Waals surface area contributed by atoms with E-state index in [1.165, 1.54) is 0 Å². The molecule has 0 bridgehead atoms. The molecule has 0 aliphatic rings. The minimum atomic E-state index is -6.02. The summed E-state index contributed by atoms with van der Waals surface area (Å²) in [6.45, 7) is 3.78. The molecular weight excluding hydrogens is 419 g/mol. The maximum atomic E-state index is 13.7. The lowest BCUT2D eigenvalue weighted by molar-refractivity contribution is -0.418. The van der Waals surface area contributed by atoms with Crippen LogP contribution in [0.4, 0.5) is 39.5 Å². The summed E-state index contributed by atoms with van der Waals surface area (Å²) >= 11 is 0. The third-order valence-corrected chi connectivity index (χ3v) is 4.58. The van der Waals surface area contributed by atoms with Gasteiger partial charge in [-0.3, -0.25) is 0 Å². The van der Waals surface area contributed by atoms with Gasteiger partial charge in [-0.2, -0.15) is 39.5 Å². The molecule has 0 saturated heterocycles. The number of hydrogen-bond acceptors (Lipinski definition) is 2. The molecule has 0 amide bonds. The second-order valence-electron chi connectivity index (χ2n) is 7.10. The molecule has 0 aromatic heterocycles. The lowest BCUT2D eigenvalue weighted by atomic mass is 9.80. The molecule has 1 rings (SSSR count). The maximum absolute atomic E-state index is 13.7. The lowest BCUT2D eigenvalue weighted by Crippen LogP contribution is -2.57. The Hall–Kier alpha value is -1.49. The molecule has 2 nitrogen and oxygen atoms in total. The Balaban J connectivity index is 3.45. The Labute approximate surface area is 162 Å². The molecule has 29 heavy (non-hydrogen) atoms. The first-order chi connectivity index (χ1) is 12.9. The van der Waals surface area contributed by atoms with Crippen LogP contribution in [0.2, 0.25) is 0 Å². The van der Waals surface area contributed by atoms with Crippen LogP contribution >= 0.6 is 0 Å². The summed E-state index contributed by atoms with van der Waals surface area (Å²) in [5.74, 6) is 0. The molecule has 0 spiro atoms. The Morgan fingerprint density at radius 2 is 1.21 bits per heavy atom. The van der Waals surface area contributed by atoms with Gasteiger partial charge in [0.15, 0.2) is 6.29 Å². The zero-order chi connectivity index (χ0) is 22.9. The topological polar surface area (TPSA) is 18.5 Å². The molecular formula is C18H21F9O2. The summed E-state index contributed by atoms with van der Waals surface area (Å²) in [7, 11) is 0. The highest BCUT2D eigenvalue weighted by atomic mass is 19.4. The molecule has 1 atom stereocenters. The summed E-state index contributed by atoms with van der Waals surface area (Å²) in [6, 6.07) is 3.44. The second-order valence-corrected chi connectivity index (χ2v) is 7.10. The Kier molecular flexibility index (Phi) is 7.34. The van der Waals surface area contributed by atoms with Crippen molar-refractivity contribution in [3.05, 3.63) is 35.4 Å². The monoisotopic (exact) mass is 440 g/mol. The molecule has 1 aromatic rings. The van der Waals surface area contributed by atoms with Gasteiger partial charge in [-0.05, 0) is 24.3 Å². The summed E-state index contributed by atoms with van der Waals surface area (Å²) in [5.41, 5.74) is -6.19. The van der Waals surface area contributed by atoms with Gasteiger partial charge < -0.3 is 9.47 Å². The molecule has 0 saturated carbocycles. The first-order valence-corrected chi connectivity index (χ1v) is 8.48. The predicted molar refractivity (Wildman–Crippen MR) is 86.1 cm³/mol. The fraction of sp³-hybridized carbons (Fsp3) is 0.667. The van der Waals surface area contributed by atoms with Gasteiger partial charge in [0.1, 0.15) is 6.61 Å². The van der Waals surface area contributed by atoms with Gasteiger partial charge in [-0.25, -0.2) is 0 Å². The Morgan fingerprint density at radius 3 is 1.55 bits per heavy atom. The molecule has 0 fully saturated rings. The van der Waals surface area contributed by atoms with Crippen LogP contribution in [0.1, 0.15) is 45.2 Å². The van der Waals surface area contributed by atoms with Gasteiger partial charge in [-0.1, -0.05) is 45.0 Å². The number of ether oxygens (including phenoxy) is 2. The summed E-state index contributed by atoms with van der Waals surface area (Å²) < 4.78 is 127. The van der Waals surface area contributed by atoms with E-state index in [1.807, 2.05) is 0 Å². The predicted octanol–water partition coefficient (Wildman–Crippen LogP) is 6.64. The van der Waals surface area contributed by atoms with Crippen LogP contribution in [0.5, 0.6) is 0 Å². The van der Waals surface area contributed by atoms with Crippen molar-refractivity contribution in [3.63, 3.8) is 0 Å². The molecule has 1 unspecified atom stereocenters. The quantitative estimate of drug-likeness (QED) is 0.350. The smallest absolute Gasteiger partial charge is 0.343 e. The summed E-state index contributed by atoms with van der Waals surface area (Å²) in [6.07, 6.45) is -18.9. The average Bonchev–Trinajstić information content (AvgIpc) is 2.55. The van der Waals surface area contributed by atoms with E-state index in [0.717, 1.165) is 12.1 Å². The minimum absolute atomic E-state index is 0.489. The summed E-state index contributed by atoms with van der Waals surface area (Å²) in [5, 5.41) is 0. The van der Waals surface area contributed by atoms with Crippen molar-refractivity contribution in [2.45, 2.75) is 70.0 Å². The fourth-order valence-electron chi connectivity index (χ4n) is 2.54. The molecule has 1 aromatic carbocycles. The van der Waals surface area contributed by atoms with Gasteiger partial charge in [0, 0.05) is 5.56 Å². The SMILES string of the molecule is CCC(C)(C)c1ccc(C(OC(C)OCC(F)(F)F)(C(F)(F)F)C(F)(F)F)cc1. The van der Waals surface area contributed by atoms with Crippen molar-refractivity contribution >= 4 is 0 Å². The number of alkyl halides is 9. The second kappa shape index (κ2) is 8.33. The van der Waals surface area contributed by atoms with E-state index in [0.29, 0.717) is 31.0 Å². The van der Waals surface area contributed by atoms with E-state index >= 15 is 0 Å². The Morgan fingerprint density at radius 1 is 0.793 bits per heavy atom. The number of rotatable bonds is 7. The van der Waals surface area contributed by atoms with Crippen LogP contribution in [-0.4, -0.2) is 31.4 Å². The number of benzene rings is 1. The highest BCUT2D eigenvalue weighted by Gasteiger charge is 2.74. The highest BCUT2D eigenvalue weighted by Crippen LogP contribution is 2.53. The van der Waals surface area contributed by atoms with Crippen LogP contribution in [0.15, 0.2) is 24.3 Å². The van der Waals surface area contributed by atoms with Gasteiger partial charge in [0.2, 0.25) is 0 Å². The van der Waals surface area contributed by atoms with E-state index in [9.17, 15) is 39.5 Å². The average molecular weight is 440 g/mol. The first-order valence-electron chi connectivity index (χ1n) is 8.48. The van der Waals surface area contributed by atoms with Gasteiger partial charge in [-0.15, -0.1) is 0 Å². The van der Waals surface area contributed by atoms with Crippen LogP contribution < -0.4 is 0 Å². The Bertz CT molecular complexity index is 644. The molecule has 0 heterocycles. The zero-order valence-electron chi connectivity index (χ0n) is 16.0. The molecule has 0 aliphatic heterocycles. The van der Waals surface area contributed by atoms with Gasteiger partial charge in [0.05, 0.1) is 0 Å². The van der Waals surface area contributed by atoms with E-state index in [4.69, 9.17) is 0 Å². The largest absolute Gasteiger partial charge is 0.430 e. The van der Waals surface area contributed by atoms with E-state index in [2.05, 4.69) is 9.47 Å². The van der Waals surface area contributed by atoms with E-state index < -0.39 is 48.0 Å². The van der Waals surface area contributed by atoms with Crippen molar-refractivity contribution in [3.8, 4) is 0 Å². The van der Waals surface area contributed by atoms with Crippen molar-refractivity contribution in [2.75, 3.05) is 6.61 Å². The molecule has 168 valence electrons. The molecule has 0 N–H and O–H groups in total. The van der Waals surface area contributed by atoms with Crippen LogP contribution in [-0.2, 0) is 20.5 Å². The van der Waals surface area contributed by atoms with E-state index in [-0.39, 0.29) is 0 Å². The van der Waals surface area contributed by atoms with E-state index in [1.54, 1.807) is 20.8 Å². The number of halogens is 9. The first kappa shape index (κ1) is 25.5. The van der Waals surface area contributed by atoms with Gasteiger partial charge >= 0.3 is 18.5 Å². The minimum Gasteiger partial charge on any atom is -0.343 e. The third-order valence-electron chi connectivity index (χ3n) is 4.58. The van der Waals surface area contributed by atoms with Crippen molar-refractivity contribution in [1.82, 2.24) is 0 Å². The summed E-state index contributed by atoms with van der Waals surface area (Å²) in [4.78, 5) is 0. The van der Waals surface area contributed by atoms with Crippen molar-refractivity contribution in [1.29, 1.82) is 0 Å². The van der Waals surface area contributed by atoms with Crippen molar-refractivity contribution in [2.24, 2.45) is 0 Å². The highest BCUT2D eigenvalue weighted by molar-refractivity contribution is 5.33. The molecule has 11 heteroatoms. The third kappa shape index (κ3) is 5.78. The molecule has 0 aliphatic carbocycles. The van der Waals surface area contributed by atoms with Crippen LogP contribution in [0.25, 0.3) is 0 Å². The number of hydrogen-bond donors (Lipinski definition) is 0. The van der Waals surface area contributed by atoms with Crippen LogP contribution in [0.3, 0.4) is 0 Å². The maximum Gasteiger partial charge on any atom is 0.430 e. The van der Waals surface area contributed by atoms with Crippen molar-refractivity contribution < 1.29 is 49.0 Å². The van der Waals surface area contributed by atoms with Gasteiger partial charge in [0.25, 0.3) is 5.60 Å². The zero-order valence-corrected chi connectivity index (χ0v) is 16.0.